The van der Waals surface area contributed by atoms with Crippen LogP contribution in [0.5, 0.6) is 5.88 Å². The molecule has 0 fully saturated rings. The van der Waals surface area contributed by atoms with E-state index in [2.05, 4.69) is 15.2 Å². The molecule has 1 aromatic carbocycles. The van der Waals surface area contributed by atoms with Crippen molar-refractivity contribution in [3.05, 3.63) is 47.4 Å². The highest BCUT2D eigenvalue weighted by atomic mass is 35.5. The summed E-state index contributed by atoms with van der Waals surface area (Å²) < 4.78 is 11.6. The third-order valence-corrected chi connectivity index (χ3v) is 4.65. The fraction of sp³-hybridized carbons (Fsp3) is 0.176. The Bertz CT molecular complexity index is 980. The fourth-order valence-corrected chi connectivity index (χ4v) is 3.25. The zero-order chi connectivity index (χ0) is 18.3. The van der Waals surface area contributed by atoms with Crippen LogP contribution in [0, 0.1) is 0 Å². The van der Waals surface area contributed by atoms with Gasteiger partial charge in [-0.05, 0) is 36.6 Å². The molecule has 3 aromatic rings. The van der Waals surface area contributed by atoms with Crippen LogP contribution >= 0.6 is 23.4 Å². The molecule has 1 amide bonds. The van der Waals surface area contributed by atoms with E-state index in [9.17, 15) is 4.79 Å². The van der Waals surface area contributed by atoms with E-state index in [-0.39, 0.29) is 11.8 Å². The van der Waals surface area contributed by atoms with Gasteiger partial charge < -0.3 is 9.15 Å². The molecule has 3 heterocycles. The van der Waals surface area contributed by atoms with Crippen molar-refractivity contribution in [2.24, 2.45) is 0 Å². The highest BCUT2D eigenvalue weighted by Gasteiger charge is 2.36. The summed E-state index contributed by atoms with van der Waals surface area (Å²) in [4.78, 5) is 18.4. The molecule has 1 aliphatic heterocycles. The van der Waals surface area contributed by atoms with E-state index in [0.717, 1.165) is 0 Å². The number of nitrogens with zero attached hydrogens (tertiary/aromatic N) is 4. The van der Waals surface area contributed by atoms with Gasteiger partial charge in [0.1, 0.15) is 0 Å². The van der Waals surface area contributed by atoms with Crippen molar-refractivity contribution in [1.29, 1.82) is 0 Å². The van der Waals surface area contributed by atoms with Crippen molar-refractivity contribution >= 4 is 35.0 Å². The molecule has 7 nitrogen and oxygen atoms in total. The number of carbonyl (C=O) groups excluding carboxylic acids is 1. The van der Waals surface area contributed by atoms with Gasteiger partial charge in [-0.2, -0.15) is 4.98 Å². The first kappa shape index (κ1) is 16.9. The number of ether oxygens (including phenoxy) is 1. The molecule has 0 spiro atoms. The summed E-state index contributed by atoms with van der Waals surface area (Å²) in [6.45, 7) is 1.46. The zero-order valence-electron chi connectivity index (χ0n) is 13.8. The van der Waals surface area contributed by atoms with Crippen molar-refractivity contribution in [3.8, 4) is 17.1 Å². The number of hydrogen-bond donors (Lipinski definition) is 0. The summed E-state index contributed by atoms with van der Waals surface area (Å²) >= 11 is 7.53. The number of halogens is 1. The number of aromatic nitrogens is 3. The number of rotatable bonds is 2. The van der Waals surface area contributed by atoms with Gasteiger partial charge in [0.15, 0.2) is 11.5 Å². The maximum absolute atomic E-state index is 12.5. The summed E-state index contributed by atoms with van der Waals surface area (Å²) in [5, 5.41) is 9.31. The van der Waals surface area contributed by atoms with Gasteiger partial charge >= 0.3 is 0 Å². The second-order valence-corrected chi connectivity index (χ2v) is 6.70. The SMILES string of the molecule is CSc1nnc2c(n1)O[C@@H](c1ccco1)N(C(C)=O)c1ccc(Cl)cc1-2. The monoisotopic (exact) mass is 388 g/mol. The van der Waals surface area contributed by atoms with Crippen LogP contribution in [0.2, 0.25) is 5.02 Å². The van der Waals surface area contributed by atoms with E-state index in [4.69, 9.17) is 20.8 Å². The zero-order valence-corrected chi connectivity index (χ0v) is 15.4. The minimum atomic E-state index is -0.824. The number of anilines is 1. The quantitative estimate of drug-likeness (QED) is 0.614. The van der Waals surface area contributed by atoms with E-state index in [1.54, 1.807) is 30.3 Å². The average molecular weight is 389 g/mol. The first-order chi connectivity index (χ1) is 12.6. The first-order valence-corrected chi connectivity index (χ1v) is 9.27. The molecule has 2 aromatic heterocycles. The minimum Gasteiger partial charge on any atom is -0.463 e. The smallest absolute Gasteiger partial charge is 0.247 e. The van der Waals surface area contributed by atoms with Gasteiger partial charge in [-0.3, -0.25) is 9.69 Å². The molecule has 9 heteroatoms. The van der Waals surface area contributed by atoms with Gasteiger partial charge in [0.2, 0.25) is 23.2 Å². The third-order valence-electron chi connectivity index (χ3n) is 3.87. The maximum Gasteiger partial charge on any atom is 0.247 e. The van der Waals surface area contributed by atoms with Crippen LogP contribution in [0.3, 0.4) is 0 Å². The summed E-state index contributed by atoms with van der Waals surface area (Å²) in [7, 11) is 0. The number of benzene rings is 1. The summed E-state index contributed by atoms with van der Waals surface area (Å²) in [5.74, 6) is 0.511. The van der Waals surface area contributed by atoms with E-state index in [1.807, 2.05) is 6.26 Å². The molecule has 26 heavy (non-hydrogen) atoms. The predicted molar refractivity (Wildman–Crippen MR) is 97.3 cm³/mol. The highest BCUT2D eigenvalue weighted by molar-refractivity contribution is 7.98. The number of carbonyl (C=O) groups is 1. The van der Waals surface area contributed by atoms with E-state index in [0.29, 0.717) is 32.9 Å². The Morgan fingerprint density at radius 1 is 1.31 bits per heavy atom. The van der Waals surface area contributed by atoms with Crippen molar-refractivity contribution in [1.82, 2.24) is 15.2 Å². The van der Waals surface area contributed by atoms with Crippen LogP contribution in [0.1, 0.15) is 18.9 Å². The largest absolute Gasteiger partial charge is 0.463 e. The molecular formula is C17H13ClN4O3S. The molecule has 0 bridgehead atoms. The lowest BCUT2D eigenvalue weighted by Crippen LogP contribution is -2.35. The lowest BCUT2D eigenvalue weighted by molar-refractivity contribution is -0.118. The Kier molecular flexibility index (Phi) is 4.29. The maximum atomic E-state index is 12.5. The number of hydrogen-bond acceptors (Lipinski definition) is 7. The molecule has 132 valence electrons. The Morgan fingerprint density at radius 2 is 2.15 bits per heavy atom. The molecule has 4 rings (SSSR count). The average Bonchev–Trinajstić information content (AvgIpc) is 3.12. The summed E-state index contributed by atoms with van der Waals surface area (Å²) in [6, 6.07) is 8.65. The van der Waals surface area contributed by atoms with Gasteiger partial charge in [-0.1, -0.05) is 23.4 Å². The number of furan rings is 1. The minimum absolute atomic E-state index is 0.221. The molecule has 0 radical (unpaired) electrons. The second kappa shape index (κ2) is 6.62. The van der Waals surface area contributed by atoms with Crippen molar-refractivity contribution in [2.75, 3.05) is 11.2 Å². The molecule has 1 aliphatic rings. The molecule has 0 unspecified atom stereocenters. The molecule has 1 atom stereocenters. The summed E-state index contributed by atoms with van der Waals surface area (Å²) in [6.07, 6.45) is 2.54. The van der Waals surface area contributed by atoms with Gasteiger partial charge in [-0.25, -0.2) is 0 Å². The second-order valence-electron chi connectivity index (χ2n) is 5.49. The van der Waals surface area contributed by atoms with Gasteiger partial charge in [0.05, 0.1) is 12.0 Å². The lowest BCUT2D eigenvalue weighted by Gasteiger charge is -2.28. The van der Waals surface area contributed by atoms with Crippen molar-refractivity contribution < 1.29 is 13.9 Å². The van der Waals surface area contributed by atoms with E-state index >= 15 is 0 Å². The Balaban J connectivity index is 2.00. The first-order valence-electron chi connectivity index (χ1n) is 7.67. The van der Waals surface area contributed by atoms with E-state index < -0.39 is 6.23 Å². The Labute approximate surface area is 158 Å². The van der Waals surface area contributed by atoms with Gasteiger partial charge in [-0.15, -0.1) is 10.2 Å². The fourth-order valence-electron chi connectivity index (χ4n) is 2.78. The number of thioether (sulfide) groups is 1. The Hall–Kier alpha value is -2.58. The highest BCUT2D eigenvalue weighted by Crippen LogP contribution is 2.44. The van der Waals surface area contributed by atoms with Crippen LogP contribution in [-0.2, 0) is 4.79 Å². The van der Waals surface area contributed by atoms with Crippen molar-refractivity contribution in [3.63, 3.8) is 0 Å². The van der Waals surface area contributed by atoms with Crippen LogP contribution in [-0.4, -0.2) is 27.3 Å². The Morgan fingerprint density at radius 3 is 2.85 bits per heavy atom. The molecule has 0 N–H and O–H groups in total. The molecule has 0 saturated carbocycles. The lowest BCUT2D eigenvalue weighted by atomic mass is 10.1. The van der Waals surface area contributed by atoms with Crippen LogP contribution < -0.4 is 9.64 Å². The van der Waals surface area contributed by atoms with Gasteiger partial charge in [0, 0.05) is 17.5 Å². The topological polar surface area (TPSA) is 81.3 Å². The van der Waals surface area contributed by atoms with Crippen molar-refractivity contribution in [2.45, 2.75) is 18.3 Å². The standard InChI is InChI=1S/C17H13ClN4O3S/c1-9(23)22-12-6-5-10(18)8-11(12)14-15(19-17(26-2)21-20-14)25-16(22)13-4-3-7-24-13/h3-8,16H,1-2H3/t16-/m0/s1. The predicted octanol–water partition coefficient (Wildman–Crippen LogP) is 3.95. The molecule has 0 aliphatic carbocycles. The molecular weight excluding hydrogens is 376 g/mol. The van der Waals surface area contributed by atoms with Crippen LogP contribution in [0.15, 0.2) is 46.2 Å². The normalized spacial score (nSPS) is 15.7. The van der Waals surface area contributed by atoms with Crippen LogP contribution in [0.25, 0.3) is 11.3 Å². The third kappa shape index (κ3) is 2.81. The number of amides is 1. The summed E-state index contributed by atoms with van der Waals surface area (Å²) in [5.41, 5.74) is 1.63. The van der Waals surface area contributed by atoms with Crippen LogP contribution in [0.4, 0.5) is 5.69 Å². The molecule has 0 saturated heterocycles. The van der Waals surface area contributed by atoms with Gasteiger partial charge in [0.25, 0.3) is 0 Å². The van der Waals surface area contributed by atoms with E-state index in [1.165, 1.54) is 29.8 Å². The number of fused-ring (bicyclic) bond motifs is 3.